The number of hydrogen-bond acceptors (Lipinski definition) is 5. The van der Waals surface area contributed by atoms with Gasteiger partial charge in [-0.2, -0.15) is 0 Å². The summed E-state index contributed by atoms with van der Waals surface area (Å²) in [5, 5.41) is 1.61. The Morgan fingerprint density at radius 1 is 1.04 bits per heavy atom. The third kappa shape index (κ3) is 2.45. The molecular formula is C22H15NO5. The average molecular weight is 373 g/mol. The highest BCUT2D eigenvalue weighted by Crippen LogP contribution is 2.42. The number of ether oxygens (including phenoxy) is 1. The highest BCUT2D eigenvalue weighted by molar-refractivity contribution is 5.90. The van der Waals surface area contributed by atoms with Gasteiger partial charge < -0.3 is 14.1 Å². The van der Waals surface area contributed by atoms with Crippen molar-refractivity contribution in [2.45, 2.75) is 19.3 Å². The second-order valence-corrected chi connectivity index (χ2v) is 6.97. The van der Waals surface area contributed by atoms with Crippen LogP contribution in [0, 0.1) is 6.92 Å². The molecule has 1 aliphatic heterocycles. The number of hydrogen-bond donors (Lipinski definition) is 1. The van der Waals surface area contributed by atoms with Crippen LogP contribution in [0.3, 0.4) is 0 Å². The Balaban J connectivity index is 1.85. The summed E-state index contributed by atoms with van der Waals surface area (Å²) in [4.78, 5) is 39.9. The van der Waals surface area contributed by atoms with Crippen LogP contribution >= 0.6 is 0 Å². The monoisotopic (exact) mass is 373 g/mol. The molecule has 1 aliphatic rings. The molecule has 0 fully saturated rings. The normalized spacial score (nSPS) is 16.2. The van der Waals surface area contributed by atoms with Crippen molar-refractivity contribution in [3.05, 3.63) is 86.0 Å². The largest absolute Gasteiger partial charge is 0.426 e. The van der Waals surface area contributed by atoms with Gasteiger partial charge in [0.15, 0.2) is 0 Å². The lowest BCUT2D eigenvalue weighted by Gasteiger charge is -2.25. The molecule has 2 aromatic carbocycles. The fraction of sp³-hybridized carbons (Fsp3) is 0.136. The van der Waals surface area contributed by atoms with Crippen LogP contribution in [0.25, 0.3) is 21.9 Å². The van der Waals surface area contributed by atoms with E-state index in [4.69, 9.17) is 9.15 Å². The first-order valence-corrected chi connectivity index (χ1v) is 8.91. The van der Waals surface area contributed by atoms with Gasteiger partial charge in [0, 0.05) is 34.0 Å². The zero-order chi connectivity index (χ0) is 19.4. The van der Waals surface area contributed by atoms with E-state index in [2.05, 4.69) is 4.98 Å². The fourth-order valence-electron chi connectivity index (χ4n) is 3.93. The van der Waals surface area contributed by atoms with Crippen LogP contribution in [0.5, 0.6) is 5.75 Å². The molecule has 0 spiro atoms. The van der Waals surface area contributed by atoms with E-state index in [1.165, 1.54) is 6.07 Å². The van der Waals surface area contributed by atoms with E-state index >= 15 is 0 Å². The minimum atomic E-state index is -0.571. The lowest BCUT2D eigenvalue weighted by atomic mass is 9.85. The van der Waals surface area contributed by atoms with E-state index in [9.17, 15) is 14.4 Å². The van der Waals surface area contributed by atoms with Crippen molar-refractivity contribution in [3.8, 4) is 5.75 Å². The molecule has 0 aliphatic carbocycles. The lowest BCUT2D eigenvalue weighted by molar-refractivity contribution is -0.135. The molecule has 0 amide bonds. The highest BCUT2D eigenvalue weighted by Gasteiger charge is 2.33. The van der Waals surface area contributed by atoms with Gasteiger partial charge in [-0.25, -0.2) is 4.79 Å². The summed E-state index contributed by atoms with van der Waals surface area (Å²) in [6.45, 7) is 1.82. The minimum absolute atomic E-state index is 0.00874. The number of esters is 1. The Morgan fingerprint density at radius 2 is 1.86 bits per heavy atom. The van der Waals surface area contributed by atoms with Crippen LogP contribution in [0.15, 0.2) is 62.5 Å². The van der Waals surface area contributed by atoms with Crippen molar-refractivity contribution in [1.29, 1.82) is 0 Å². The fourth-order valence-corrected chi connectivity index (χ4v) is 3.93. The first-order chi connectivity index (χ1) is 13.5. The van der Waals surface area contributed by atoms with Crippen molar-refractivity contribution in [2.75, 3.05) is 0 Å². The average Bonchev–Trinajstić information content (AvgIpc) is 2.66. The number of pyridine rings is 1. The number of aromatic nitrogens is 1. The maximum absolute atomic E-state index is 12.8. The maximum atomic E-state index is 12.8. The number of rotatable bonds is 1. The molecule has 4 aromatic rings. The van der Waals surface area contributed by atoms with Crippen molar-refractivity contribution in [1.82, 2.24) is 4.98 Å². The van der Waals surface area contributed by atoms with Gasteiger partial charge in [-0.3, -0.25) is 9.59 Å². The molecule has 2 aromatic heterocycles. The molecule has 0 saturated carbocycles. The maximum Gasteiger partial charge on any atom is 0.336 e. The van der Waals surface area contributed by atoms with Crippen LogP contribution < -0.4 is 15.9 Å². The highest BCUT2D eigenvalue weighted by atomic mass is 16.5. The van der Waals surface area contributed by atoms with E-state index in [-0.39, 0.29) is 12.0 Å². The Morgan fingerprint density at radius 3 is 2.71 bits per heavy atom. The third-order valence-corrected chi connectivity index (χ3v) is 5.22. The summed E-state index contributed by atoms with van der Waals surface area (Å²) < 4.78 is 10.9. The van der Waals surface area contributed by atoms with Gasteiger partial charge in [-0.05, 0) is 42.1 Å². The summed E-state index contributed by atoms with van der Waals surface area (Å²) in [5.41, 5.74) is 2.06. The first kappa shape index (κ1) is 16.5. The number of nitrogens with one attached hydrogen (secondary N) is 1. The molecule has 5 rings (SSSR count). The van der Waals surface area contributed by atoms with Gasteiger partial charge in [0.05, 0.1) is 6.42 Å². The zero-order valence-electron chi connectivity index (χ0n) is 14.9. The van der Waals surface area contributed by atoms with Crippen molar-refractivity contribution < 1.29 is 13.9 Å². The van der Waals surface area contributed by atoms with Crippen LogP contribution in [0.4, 0.5) is 0 Å². The molecule has 138 valence electrons. The number of benzene rings is 2. The quantitative estimate of drug-likeness (QED) is 0.314. The molecule has 28 heavy (non-hydrogen) atoms. The van der Waals surface area contributed by atoms with E-state index in [0.717, 1.165) is 21.9 Å². The van der Waals surface area contributed by atoms with Crippen molar-refractivity contribution >= 4 is 27.8 Å². The number of aryl methyl sites for hydroxylation is 1. The topological polar surface area (TPSA) is 89.4 Å². The van der Waals surface area contributed by atoms with Crippen molar-refractivity contribution in [3.63, 3.8) is 0 Å². The number of carbonyl (C=O) groups is 1. The number of para-hydroxylation sites is 1. The van der Waals surface area contributed by atoms with Gasteiger partial charge in [0.25, 0.3) is 5.56 Å². The molecule has 0 saturated heterocycles. The van der Waals surface area contributed by atoms with Gasteiger partial charge in [0.1, 0.15) is 11.3 Å². The van der Waals surface area contributed by atoms with Crippen LogP contribution in [-0.4, -0.2) is 11.0 Å². The summed E-state index contributed by atoms with van der Waals surface area (Å²) in [5.74, 6) is -0.687. The van der Waals surface area contributed by atoms with E-state index < -0.39 is 17.5 Å². The van der Waals surface area contributed by atoms with Crippen LogP contribution in [0.2, 0.25) is 0 Å². The number of aromatic amines is 1. The zero-order valence-corrected chi connectivity index (χ0v) is 14.9. The Hall–Kier alpha value is -3.67. The van der Waals surface area contributed by atoms with Crippen LogP contribution in [-0.2, 0) is 4.79 Å². The predicted molar refractivity (Wildman–Crippen MR) is 104 cm³/mol. The summed E-state index contributed by atoms with van der Waals surface area (Å²) in [7, 11) is 0. The smallest absolute Gasteiger partial charge is 0.336 e. The Bertz CT molecular complexity index is 1400. The second-order valence-electron chi connectivity index (χ2n) is 6.97. The molecular weight excluding hydrogens is 358 g/mol. The van der Waals surface area contributed by atoms with Crippen LogP contribution in [0.1, 0.15) is 29.0 Å². The second kappa shape index (κ2) is 5.92. The van der Waals surface area contributed by atoms with E-state index in [1.807, 2.05) is 31.2 Å². The SMILES string of the molecule is Cc1cc(=O)oc2c3c(ccc12)OC(=O)C[C@@H]3c1cc2ccccc2[nH]c1=O. The summed E-state index contributed by atoms with van der Waals surface area (Å²) >= 11 is 0. The molecule has 3 heterocycles. The van der Waals surface area contributed by atoms with Gasteiger partial charge in [-0.15, -0.1) is 0 Å². The van der Waals surface area contributed by atoms with E-state index in [1.54, 1.807) is 18.2 Å². The predicted octanol–water partition coefficient (Wildman–Crippen LogP) is 3.38. The number of carbonyl (C=O) groups excluding carboxylic acids is 1. The van der Waals surface area contributed by atoms with Gasteiger partial charge in [0.2, 0.25) is 0 Å². The number of fused-ring (bicyclic) bond motifs is 4. The standard InChI is InChI=1S/C22H15NO5/c1-11-8-18(24)28-21-13(11)6-7-17-20(21)14(10-19(25)27-17)15-9-12-4-2-3-5-16(12)23-22(15)26/h2-9,14H,10H2,1H3,(H,23,26)/t14-/m1/s1. The lowest BCUT2D eigenvalue weighted by Crippen LogP contribution is -2.26. The van der Waals surface area contributed by atoms with Gasteiger partial charge >= 0.3 is 11.6 Å². The van der Waals surface area contributed by atoms with Gasteiger partial charge in [-0.1, -0.05) is 18.2 Å². The number of H-pyrrole nitrogens is 1. The molecule has 0 bridgehead atoms. The molecule has 6 nitrogen and oxygen atoms in total. The molecule has 0 radical (unpaired) electrons. The Kier molecular flexibility index (Phi) is 3.49. The molecule has 0 unspecified atom stereocenters. The summed E-state index contributed by atoms with van der Waals surface area (Å²) in [6, 6.07) is 14.1. The molecule has 6 heteroatoms. The van der Waals surface area contributed by atoms with E-state index in [0.29, 0.717) is 22.5 Å². The van der Waals surface area contributed by atoms with Crippen molar-refractivity contribution in [2.24, 2.45) is 0 Å². The molecule has 1 N–H and O–H groups in total. The first-order valence-electron chi connectivity index (χ1n) is 8.91. The third-order valence-electron chi connectivity index (χ3n) is 5.22. The Labute approximate surface area is 158 Å². The summed E-state index contributed by atoms with van der Waals surface area (Å²) in [6.07, 6.45) is -0.00874. The minimum Gasteiger partial charge on any atom is -0.426 e. The molecule has 1 atom stereocenters.